The molecule has 124 valence electrons. The van der Waals surface area contributed by atoms with Crippen molar-refractivity contribution in [2.75, 3.05) is 34.1 Å². The Morgan fingerprint density at radius 1 is 1.22 bits per heavy atom. The standard InChI is InChI=1S/C15H19N3O4S/c1-18(2)13(19)7-8-23-15-17-16-14(22-15)10-5-6-11(20-3)12(9-10)21-4/h5-6,9H,7-8H2,1-4H3. The van der Waals surface area contributed by atoms with E-state index in [-0.39, 0.29) is 5.91 Å². The van der Waals surface area contributed by atoms with Crippen molar-refractivity contribution in [3.05, 3.63) is 18.2 Å². The normalized spacial score (nSPS) is 10.4. The van der Waals surface area contributed by atoms with Crippen LogP contribution in [-0.2, 0) is 4.79 Å². The van der Waals surface area contributed by atoms with Crippen LogP contribution in [0.3, 0.4) is 0 Å². The first-order valence-electron chi connectivity index (χ1n) is 6.94. The molecule has 0 bridgehead atoms. The van der Waals surface area contributed by atoms with E-state index in [9.17, 15) is 4.79 Å². The molecule has 0 aliphatic rings. The van der Waals surface area contributed by atoms with Crippen LogP contribution in [0.25, 0.3) is 11.5 Å². The molecular formula is C15H19N3O4S. The van der Waals surface area contributed by atoms with E-state index in [2.05, 4.69) is 10.2 Å². The summed E-state index contributed by atoms with van der Waals surface area (Å²) >= 11 is 1.36. The van der Waals surface area contributed by atoms with Crippen LogP contribution in [0.5, 0.6) is 11.5 Å². The van der Waals surface area contributed by atoms with Crippen molar-refractivity contribution in [3.63, 3.8) is 0 Å². The average Bonchev–Trinajstić information content (AvgIpc) is 3.02. The van der Waals surface area contributed by atoms with E-state index in [1.807, 2.05) is 6.07 Å². The number of nitrogens with zero attached hydrogens (tertiary/aromatic N) is 3. The Balaban J connectivity index is 2.03. The number of thioether (sulfide) groups is 1. The van der Waals surface area contributed by atoms with Gasteiger partial charge in [0.1, 0.15) is 0 Å². The van der Waals surface area contributed by atoms with Crippen LogP contribution in [0.2, 0.25) is 0 Å². The van der Waals surface area contributed by atoms with Gasteiger partial charge in [-0.1, -0.05) is 11.8 Å². The Morgan fingerprint density at radius 2 is 1.96 bits per heavy atom. The maximum absolute atomic E-state index is 11.5. The molecule has 0 unspecified atom stereocenters. The van der Waals surface area contributed by atoms with Crippen LogP contribution < -0.4 is 9.47 Å². The summed E-state index contributed by atoms with van der Waals surface area (Å²) in [6.07, 6.45) is 0.422. The van der Waals surface area contributed by atoms with E-state index in [1.54, 1.807) is 45.3 Å². The van der Waals surface area contributed by atoms with Gasteiger partial charge >= 0.3 is 0 Å². The summed E-state index contributed by atoms with van der Waals surface area (Å²) in [4.78, 5) is 13.1. The second-order valence-electron chi connectivity index (χ2n) is 4.83. The molecule has 0 N–H and O–H groups in total. The van der Waals surface area contributed by atoms with E-state index in [1.165, 1.54) is 11.8 Å². The van der Waals surface area contributed by atoms with Crippen molar-refractivity contribution >= 4 is 17.7 Å². The molecule has 0 aliphatic heterocycles. The van der Waals surface area contributed by atoms with E-state index < -0.39 is 0 Å². The highest BCUT2D eigenvalue weighted by molar-refractivity contribution is 7.99. The van der Waals surface area contributed by atoms with Crippen molar-refractivity contribution in [3.8, 4) is 23.0 Å². The van der Waals surface area contributed by atoms with Gasteiger partial charge in [-0.15, -0.1) is 10.2 Å². The maximum atomic E-state index is 11.5. The fourth-order valence-corrected chi connectivity index (χ4v) is 2.49. The monoisotopic (exact) mass is 337 g/mol. The van der Waals surface area contributed by atoms with Gasteiger partial charge in [-0.3, -0.25) is 4.79 Å². The Bertz CT molecular complexity index is 672. The minimum atomic E-state index is 0.0668. The van der Waals surface area contributed by atoms with Crippen LogP contribution in [-0.4, -0.2) is 55.1 Å². The first-order chi connectivity index (χ1) is 11.0. The molecule has 0 fully saturated rings. The zero-order valence-corrected chi connectivity index (χ0v) is 14.3. The lowest BCUT2D eigenvalue weighted by Crippen LogP contribution is -2.21. The average molecular weight is 337 g/mol. The minimum Gasteiger partial charge on any atom is -0.493 e. The summed E-state index contributed by atoms with van der Waals surface area (Å²) in [7, 11) is 6.61. The van der Waals surface area contributed by atoms with Crippen molar-refractivity contribution in [1.29, 1.82) is 0 Å². The van der Waals surface area contributed by atoms with Gasteiger partial charge in [-0.05, 0) is 18.2 Å². The van der Waals surface area contributed by atoms with E-state index in [4.69, 9.17) is 13.9 Å². The SMILES string of the molecule is COc1ccc(-c2nnc(SCCC(=O)N(C)C)o2)cc1OC. The van der Waals surface area contributed by atoms with Gasteiger partial charge in [-0.2, -0.15) is 0 Å². The van der Waals surface area contributed by atoms with E-state index in [0.717, 1.165) is 5.56 Å². The first kappa shape index (κ1) is 17.1. The number of ether oxygens (including phenoxy) is 2. The number of aromatic nitrogens is 2. The highest BCUT2D eigenvalue weighted by Gasteiger charge is 2.13. The number of amides is 1. The molecule has 23 heavy (non-hydrogen) atoms. The third kappa shape index (κ3) is 4.38. The number of benzene rings is 1. The molecule has 2 aromatic rings. The Kier molecular flexibility index (Phi) is 5.86. The molecule has 0 radical (unpaired) electrons. The molecule has 1 aromatic carbocycles. The van der Waals surface area contributed by atoms with Crippen LogP contribution >= 0.6 is 11.8 Å². The molecule has 0 saturated carbocycles. The second kappa shape index (κ2) is 7.87. The molecule has 8 heteroatoms. The molecule has 1 amide bonds. The Labute approximate surface area is 139 Å². The zero-order valence-electron chi connectivity index (χ0n) is 13.5. The molecular weight excluding hydrogens is 318 g/mol. The predicted molar refractivity (Wildman–Crippen MR) is 86.9 cm³/mol. The van der Waals surface area contributed by atoms with Crippen LogP contribution in [0.1, 0.15) is 6.42 Å². The number of hydrogen-bond acceptors (Lipinski definition) is 7. The Hall–Kier alpha value is -2.22. The van der Waals surface area contributed by atoms with Gasteiger partial charge in [0.05, 0.1) is 14.2 Å². The number of rotatable bonds is 7. The summed E-state index contributed by atoms with van der Waals surface area (Å²) in [5, 5.41) is 8.43. The van der Waals surface area contributed by atoms with Gasteiger partial charge in [0.15, 0.2) is 11.5 Å². The van der Waals surface area contributed by atoms with Crippen molar-refractivity contribution in [2.45, 2.75) is 11.6 Å². The summed E-state index contributed by atoms with van der Waals surface area (Å²) < 4.78 is 16.1. The lowest BCUT2D eigenvalue weighted by atomic mass is 10.2. The number of hydrogen-bond donors (Lipinski definition) is 0. The highest BCUT2D eigenvalue weighted by atomic mass is 32.2. The fourth-order valence-electron chi connectivity index (χ4n) is 1.80. The van der Waals surface area contributed by atoms with Crippen LogP contribution in [0.15, 0.2) is 27.8 Å². The van der Waals surface area contributed by atoms with Gasteiger partial charge in [0.2, 0.25) is 11.8 Å². The highest BCUT2D eigenvalue weighted by Crippen LogP contribution is 2.32. The molecule has 7 nitrogen and oxygen atoms in total. The molecule has 1 heterocycles. The van der Waals surface area contributed by atoms with Crippen LogP contribution in [0.4, 0.5) is 0 Å². The summed E-state index contributed by atoms with van der Waals surface area (Å²) in [6.45, 7) is 0. The van der Waals surface area contributed by atoms with E-state index in [0.29, 0.717) is 34.8 Å². The summed E-state index contributed by atoms with van der Waals surface area (Å²) in [5.74, 6) is 2.27. The largest absolute Gasteiger partial charge is 0.493 e. The topological polar surface area (TPSA) is 77.7 Å². The molecule has 1 aromatic heterocycles. The quantitative estimate of drug-likeness (QED) is 0.718. The zero-order chi connectivity index (χ0) is 16.8. The predicted octanol–water partition coefficient (Wildman–Crippen LogP) is 2.32. The molecule has 0 spiro atoms. The smallest absolute Gasteiger partial charge is 0.276 e. The number of methoxy groups -OCH3 is 2. The van der Waals surface area contributed by atoms with Crippen LogP contribution in [0, 0.1) is 0 Å². The summed E-state index contributed by atoms with van der Waals surface area (Å²) in [5.41, 5.74) is 0.742. The van der Waals surface area contributed by atoms with Crippen molar-refractivity contribution in [1.82, 2.24) is 15.1 Å². The molecule has 0 aliphatic carbocycles. The number of carbonyl (C=O) groups is 1. The molecule has 0 saturated heterocycles. The maximum Gasteiger partial charge on any atom is 0.276 e. The second-order valence-corrected chi connectivity index (χ2v) is 5.88. The minimum absolute atomic E-state index is 0.0668. The molecule has 0 atom stereocenters. The first-order valence-corrected chi connectivity index (χ1v) is 7.92. The van der Waals surface area contributed by atoms with Gasteiger partial charge in [0.25, 0.3) is 5.22 Å². The lowest BCUT2D eigenvalue weighted by Gasteiger charge is -2.08. The van der Waals surface area contributed by atoms with Crippen molar-refractivity contribution < 1.29 is 18.7 Å². The van der Waals surface area contributed by atoms with Gasteiger partial charge < -0.3 is 18.8 Å². The van der Waals surface area contributed by atoms with Gasteiger partial charge in [0, 0.05) is 31.8 Å². The van der Waals surface area contributed by atoms with Crippen molar-refractivity contribution in [2.24, 2.45) is 0 Å². The summed E-state index contributed by atoms with van der Waals surface area (Å²) in [6, 6.07) is 5.37. The third-order valence-corrected chi connectivity index (χ3v) is 3.90. The van der Waals surface area contributed by atoms with Gasteiger partial charge in [-0.25, -0.2) is 0 Å². The third-order valence-electron chi connectivity index (χ3n) is 3.08. The lowest BCUT2D eigenvalue weighted by molar-refractivity contribution is -0.128. The molecule has 2 rings (SSSR count). The number of carbonyl (C=O) groups excluding carboxylic acids is 1. The van der Waals surface area contributed by atoms with E-state index >= 15 is 0 Å². The fraction of sp³-hybridized carbons (Fsp3) is 0.400. The Morgan fingerprint density at radius 3 is 2.61 bits per heavy atom.